The lowest BCUT2D eigenvalue weighted by molar-refractivity contribution is 0.0947. The Hall–Kier alpha value is -3.15. The van der Waals surface area contributed by atoms with Gasteiger partial charge in [-0.15, -0.1) is 0 Å². The smallest absolute Gasteiger partial charge is 0.271 e. The second kappa shape index (κ2) is 8.21. The summed E-state index contributed by atoms with van der Waals surface area (Å²) in [5.74, 6) is -0.905. The van der Waals surface area contributed by atoms with Crippen LogP contribution < -0.4 is 10.7 Å². The monoisotopic (exact) mass is 299 g/mol. The third-order valence-electron chi connectivity index (χ3n) is 2.67. The van der Waals surface area contributed by atoms with E-state index in [1.165, 1.54) is 42.5 Å². The highest BCUT2D eigenvalue weighted by Gasteiger charge is 2.11. The molecule has 1 rings (SSSR count). The molecule has 0 bridgehead atoms. The molecule has 0 spiro atoms. The summed E-state index contributed by atoms with van der Waals surface area (Å²) >= 11 is 0. The summed E-state index contributed by atoms with van der Waals surface area (Å²) in [4.78, 5) is 23.6. The lowest BCUT2D eigenvalue weighted by Crippen LogP contribution is -2.24. The van der Waals surface area contributed by atoms with Gasteiger partial charge in [-0.3, -0.25) is 9.59 Å². The molecule has 1 aromatic rings. The molecule has 0 aliphatic carbocycles. The molecule has 6 heteroatoms. The molecule has 0 saturated heterocycles. The molecule has 0 atom stereocenters. The lowest BCUT2D eigenvalue weighted by atomic mass is 10.1. The summed E-state index contributed by atoms with van der Waals surface area (Å²) in [6, 6.07) is 5.96. The van der Waals surface area contributed by atoms with E-state index in [1.807, 2.05) is 0 Å². The zero-order valence-corrected chi connectivity index (χ0v) is 12.2. The van der Waals surface area contributed by atoms with Crippen molar-refractivity contribution in [2.24, 2.45) is 5.10 Å². The minimum atomic E-state index is -0.421. The average Bonchev–Trinajstić information content (AvgIpc) is 2.54. The molecule has 0 aliphatic rings. The SMILES string of the molecule is C=C/C=C(NC(=O)c1ccc(C(=O)NN=C)cc1)\C(O)=C/C. The van der Waals surface area contributed by atoms with E-state index in [2.05, 4.69) is 29.1 Å². The Morgan fingerprint density at radius 3 is 2.18 bits per heavy atom. The Balaban J connectivity index is 2.90. The molecule has 0 saturated carbocycles. The molecule has 22 heavy (non-hydrogen) atoms. The number of benzene rings is 1. The van der Waals surface area contributed by atoms with Crippen LogP contribution in [0.5, 0.6) is 0 Å². The molecule has 0 unspecified atom stereocenters. The molecule has 0 heterocycles. The van der Waals surface area contributed by atoms with Crippen LogP contribution in [0.4, 0.5) is 0 Å². The van der Waals surface area contributed by atoms with Gasteiger partial charge in [-0.25, -0.2) is 5.43 Å². The molecule has 0 radical (unpaired) electrons. The largest absolute Gasteiger partial charge is 0.506 e. The topological polar surface area (TPSA) is 90.8 Å². The molecular weight excluding hydrogens is 282 g/mol. The number of aliphatic hydroxyl groups is 1. The summed E-state index contributed by atoms with van der Waals surface area (Å²) < 4.78 is 0. The molecule has 1 aromatic carbocycles. The van der Waals surface area contributed by atoms with Gasteiger partial charge in [0.1, 0.15) is 5.76 Å². The van der Waals surface area contributed by atoms with Gasteiger partial charge < -0.3 is 10.4 Å². The van der Waals surface area contributed by atoms with Gasteiger partial charge >= 0.3 is 0 Å². The van der Waals surface area contributed by atoms with Crippen molar-refractivity contribution in [2.45, 2.75) is 6.92 Å². The maximum absolute atomic E-state index is 12.1. The maximum atomic E-state index is 12.1. The first kappa shape index (κ1) is 16.9. The third-order valence-corrected chi connectivity index (χ3v) is 2.67. The van der Waals surface area contributed by atoms with Crippen molar-refractivity contribution in [3.63, 3.8) is 0 Å². The van der Waals surface area contributed by atoms with Gasteiger partial charge in [-0.05, 0) is 43.3 Å². The van der Waals surface area contributed by atoms with Crippen molar-refractivity contribution in [1.82, 2.24) is 10.7 Å². The van der Waals surface area contributed by atoms with Gasteiger partial charge in [0.05, 0.1) is 5.70 Å². The Morgan fingerprint density at radius 2 is 1.73 bits per heavy atom. The molecule has 2 amide bonds. The molecular formula is C16H17N3O3. The van der Waals surface area contributed by atoms with E-state index in [0.29, 0.717) is 11.1 Å². The maximum Gasteiger partial charge on any atom is 0.271 e. The Morgan fingerprint density at radius 1 is 1.18 bits per heavy atom. The first-order valence-electron chi connectivity index (χ1n) is 6.39. The number of hydrogen-bond donors (Lipinski definition) is 3. The van der Waals surface area contributed by atoms with E-state index >= 15 is 0 Å². The molecule has 0 aliphatic heterocycles. The molecule has 3 N–H and O–H groups in total. The highest BCUT2D eigenvalue weighted by molar-refractivity contribution is 5.98. The molecule has 6 nitrogen and oxygen atoms in total. The fraction of sp³-hybridized carbons (Fsp3) is 0.0625. The Bertz CT molecular complexity index is 643. The van der Waals surface area contributed by atoms with E-state index in [0.717, 1.165) is 0 Å². The van der Waals surface area contributed by atoms with E-state index < -0.39 is 11.8 Å². The first-order valence-corrected chi connectivity index (χ1v) is 6.39. The standard InChI is InChI=1S/C16H17N3O3/c1-4-6-13(14(20)5-2)18-15(21)11-7-9-12(10-8-11)16(22)19-17-3/h4-10,20H,1,3H2,2H3,(H,18,21)(H,19,22)/b13-6+,14-5+. The Kier molecular flexibility index (Phi) is 6.31. The highest BCUT2D eigenvalue weighted by atomic mass is 16.3. The number of nitrogens with one attached hydrogen (secondary N) is 2. The van der Waals surface area contributed by atoms with Crippen LogP contribution in [0.1, 0.15) is 27.6 Å². The number of hydrogen-bond acceptors (Lipinski definition) is 4. The van der Waals surface area contributed by atoms with Gasteiger partial charge in [-0.1, -0.05) is 12.7 Å². The third kappa shape index (κ3) is 4.45. The number of aliphatic hydroxyl groups excluding tert-OH is 1. The first-order chi connectivity index (χ1) is 10.5. The van der Waals surface area contributed by atoms with Crippen molar-refractivity contribution in [2.75, 3.05) is 0 Å². The second-order valence-electron chi connectivity index (χ2n) is 4.12. The van der Waals surface area contributed by atoms with Gasteiger partial charge in [0, 0.05) is 17.8 Å². The van der Waals surface area contributed by atoms with Gasteiger partial charge in [-0.2, -0.15) is 5.10 Å². The number of carbonyl (C=O) groups is 2. The zero-order chi connectivity index (χ0) is 16.5. The van der Waals surface area contributed by atoms with Crippen molar-refractivity contribution >= 4 is 18.5 Å². The summed E-state index contributed by atoms with van der Waals surface area (Å²) in [5.41, 5.74) is 3.12. The van der Waals surface area contributed by atoms with Crippen molar-refractivity contribution in [1.29, 1.82) is 0 Å². The molecule has 0 aromatic heterocycles. The quantitative estimate of drug-likeness (QED) is 0.326. The number of amides is 2. The van der Waals surface area contributed by atoms with Crippen LogP contribution in [0.15, 0.2) is 65.6 Å². The normalized spacial score (nSPS) is 11.5. The minimum absolute atomic E-state index is 0.0682. The van der Waals surface area contributed by atoms with Gasteiger partial charge in [0.15, 0.2) is 0 Å². The molecule has 0 fully saturated rings. The van der Waals surface area contributed by atoms with Crippen LogP contribution in [-0.4, -0.2) is 23.6 Å². The van der Waals surface area contributed by atoms with Gasteiger partial charge in [0.2, 0.25) is 0 Å². The summed E-state index contributed by atoms with van der Waals surface area (Å²) in [6.07, 6.45) is 4.38. The second-order valence-corrected chi connectivity index (χ2v) is 4.12. The Labute approximate surface area is 128 Å². The summed E-state index contributed by atoms with van der Waals surface area (Å²) in [7, 11) is 0. The van der Waals surface area contributed by atoms with Crippen LogP contribution in [0, 0.1) is 0 Å². The van der Waals surface area contributed by atoms with Gasteiger partial charge in [0.25, 0.3) is 11.8 Å². The van der Waals surface area contributed by atoms with Crippen molar-refractivity contribution < 1.29 is 14.7 Å². The predicted molar refractivity (Wildman–Crippen MR) is 85.6 cm³/mol. The van der Waals surface area contributed by atoms with Crippen LogP contribution in [0.2, 0.25) is 0 Å². The summed E-state index contributed by atoms with van der Waals surface area (Å²) in [5, 5.41) is 15.5. The minimum Gasteiger partial charge on any atom is -0.506 e. The number of allylic oxidation sites excluding steroid dienone is 3. The van der Waals surface area contributed by atoms with E-state index in [4.69, 9.17) is 0 Å². The predicted octanol–water partition coefficient (Wildman–Crippen LogP) is 2.29. The average molecular weight is 299 g/mol. The van der Waals surface area contributed by atoms with E-state index in [-0.39, 0.29) is 11.5 Å². The number of nitrogens with zero attached hydrogens (tertiary/aromatic N) is 1. The summed E-state index contributed by atoms with van der Waals surface area (Å²) in [6.45, 7) is 8.32. The number of rotatable bonds is 6. The number of hydrazone groups is 1. The zero-order valence-electron chi connectivity index (χ0n) is 12.2. The fourth-order valence-electron chi connectivity index (χ4n) is 1.57. The van der Waals surface area contributed by atoms with Crippen LogP contribution in [-0.2, 0) is 0 Å². The number of carbonyl (C=O) groups excluding carboxylic acids is 2. The van der Waals surface area contributed by atoms with Crippen LogP contribution in [0.3, 0.4) is 0 Å². The van der Waals surface area contributed by atoms with E-state index in [9.17, 15) is 14.7 Å². The highest BCUT2D eigenvalue weighted by Crippen LogP contribution is 2.08. The fourth-order valence-corrected chi connectivity index (χ4v) is 1.57. The van der Waals surface area contributed by atoms with Crippen LogP contribution in [0.25, 0.3) is 0 Å². The lowest BCUT2D eigenvalue weighted by Gasteiger charge is -2.09. The van der Waals surface area contributed by atoms with Crippen molar-refractivity contribution in [3.8, 4) is 0 Å². The van der Waals surface area contributed by atoms with Crippen LogP contribution >= 0.6 is 0 Å². The van der Waals surface area contributed by atoms with E-state index in [1.54, 1.807) is 6.92 Å². The van der Waals surface area contributed by atoms with Crippen molar-refractivity contribution in [3.05, 3.63) is 71.7 Å². The molecule has 114 valence electrons.